The van der Waals surface area contributed by atoms with E-state index in [9.17, 15) is 9.90 Å². The molecule has 0 saturated heterocycles. The zero-order chi connectivity index (χ0) is 20.5. The van der Waals surface area contributed by atoms with Gasteiger partial charge in [-0.3, -0.25) is 4.99 Å². The lowest BCUT2D eigenvalue weighted by Crippen LogP contribution is -2.34. The number of aliphatic carboxylic acids is 1. The first-order chi connectivity index (χ1) is 13.5. The highest BCUT2D eigenvalue weighted by Gasteiger charge is 2.39. The molecule has 0 bridgehead atoms. The quantitative estimate of drug-likeness (QED) is 0.157. The van der Waals surface area contributed by atoms with Crippen LogP contribution in [0.4, 0.5) is 0 Å². The molecule has 0 spiro atoms. The Hall–Kier alpha value is -2.42. The van der Waals surface area contributed by atoms with Crippen LogP contribution in [-0.2, 0) is 19.3 Å². The van der Waals surface area contributed by atoms with Crippen LogP contribution in [-0.4, -0.2) is 50.3 Å². The summed E-state index contributed by atoms with van der Waals surface area (Å²) in [5.74, 6) is -2.08. The number of benzene rings is 1. The van der Waals surface area contributed by atoms with Gasteiger partial charge in [-0.2, -0.15) is 0 Å². The molecule has 0 amide bonds. The number of carboxylic acid groups (broad SMARTS) is 1. The summed E-state index contributed by atoms with van der Waals surface area (Å²) in [6.45, 7) is 2.18. The number of nitrogens with zero attached hydrogens (tertiary/aromatic N) is 4. The third-order valence-corrected chi connectivity index (χ3v) is 4.69. The summed E-state index contributed by atoms with van der Waals surface area (Å²) < 4.78 is 5.45. The number of azide groups is 1. The molecule has 1 aromatic carbocycles. The van der Waals surface area contributed by atoms with Crippen molar-refractivity contribution in [3.63, 3.8) is 0 Å². The molecule has 2 rings (SSSR count). The van der Waals surface area contributed by atoms with Gasteiger partial charge in [-0.25, -0.2) is 14.6 Å². The number of carboxylic acids is 1. The second-order valence-corrected chi connectivity index (χ2v) is 6.39. The van der Waals surface area contributed by atoms with Crippen LogP contribution in [0.5, 0.6) is 0 Å². The first-order valence-electron chi connectivity index (χ1n) is 8.51. The molecular formula is C18H21ClN4O5. The van der Waals surface area contributed by atoms with Crippen molar-refractivity contribution in [2.75, 3.05) is 33.5 Å². The van der Waals surface area contributed by atoms with Gasteiger partial charge < -0.3 is 9.84 Å². The highest BCUT2D eigenvalue weighted by atomic mass is 35.5. The fraction of sp³-hybridized carbons (Fsp3) is 0.444. The third kappa shape index (κ3) is 5.31. The van der Waals surface area contributed by atoms with Crippen LogP contribution in [0, 0.1) is 5.92 Å². The highest BCUT2D eigenvalue weighted by Crippen LogP contribution is 2.41. The van der Waals surface area contributed by atoms with Crippen molar-refractivity contribution < 1.29 is 24.4 Å². The Kier molecular flexibility index (Phi) is 8.43. The Labute approximate surface area is 167 Å². The zero-order valence-corrected chi connectivity index (χ0v) is 16.3. The van der Waals surface area contributed by atoms with Crippen LogP contribution < -0.4 is 0 Å². The van der Waals surface area contributed by atoms with Gasteiger partial charge >= 0.3 is 5.97 Å². The molecule has 1 unspecified atom stereocenters. The van der Waals surface area contributed by atoms with Crippen LogP contribution in [0.3, 0.4) is 0 Å². The Morgan fingerprint density at radius 3 is 2.82 bits per heavy atom. The maximum absolute atomic E-state index is 12.2. The molecule has 0 saturated carbocycles. The lowest BCUT2D eigenvalue weighted by atomic mass is 9.76. The molecule has 10 heteroatoms. The summed E-state index contributed by atoms with van der Waals surface area (Å²) in [6.07, 6.45) is 0. The van der Waals surface area contributed by atoms with E-state index in [0.29, 0.717) is 22.0 Å². The van der Waals surface area contributed by atoms with Crippen LogP contribution in [0.25, 0.3) is 10.4 Å². The number of carbonyl (C=O) groups is 1. The maximum Gasteiger partial charge on any atom is 0.334 e. The van der Waals surface area contributed by atoms with Crippen molar-refractivity contribution in [1.82, 2.24) is 0 Å². The molecule has 1 aromatic rings. The summed E-state index contributed by atoms with van der Waals surface area (Å²) >= 11 is 6.38. The lowest BCUT2D eigenvalue weighted by molar-refractivity contribution is -0.277. The minimum absolute atomic E-state index is 0.0290. The minimum atomic E-state index is -1.11. The molecule has 0 aromatic heterocycles. The monoisotopic (exact) mass is 408 g/mol. The van der Waals surface area contributed by atoms with Gasteiger partial charge in [-0.15, -0.1) is 0 Å². The first-order valence-corrected chi connectivity index (χ1v) is 8.89. The average Bonchev–Trinajstić information content (AvgIpc) is 2.66. The third-order valence-electron chi connectivity index (χ3n) is 4.35. The van der Waals surface area contributed by atoms with E-state index in [2.05, 4.69) is 15.0 Å². The van der Waals surface area contributed by atoms with Crippen molar-refractivity contribution in [3.05, 3.63) is 56.6 Å². The van der Waals surface area contributed by atoms with Crippen molar-refractivity contribution in [2.45, 2.75) is 12.8 Å². The summed E-state index contributed by atoms with van der Waals surface area (Å²) in [4.78, 5) is 29.1. The summed E-state index contributed by atoms with van der Waals surface area (Å²) in [7, 11) is 1.39. The fourth-order valence-electron chi connectivity index (χ4n) is 3.12. The topological polar surface area (TPSA) is 126 Å². The van der Waals surface area contributed by atoms with Gasteiger partial charge in [0, 0.05) is 34.0 Å². The molecule has 2 atom stereocenters. The van der Waals surface area contributed by atoms with Gasteiger partial charge in [-0.05, 0) is 24.1 Å². The molecule has 0 radical (unpaired) electrons. The van der Waals surface area contributed by atoms with Gasteiger partial charge in [-0.1, -0.05) is 34.9 Å². The predicted octanol–water partition coefficient (Wildman–Crippen LogP) is 3.76. The number of halogens is 1. The number of aliphatic imine (C=N–C) groups is 1. The fourth-order valence-corrected chi connectivity index (χ4v) is 3.37. The highest BCUT2D eigenvalue weighted by molar-refractivity contribution is 6.31. The largest absolute Gasteiger partial charge is 0.478 e. The SMILES string of the molecule is COOCC1C(C)=NC(COCCN=[N+]=[N-])=C(C(=O)O)[C@@H]1c1ccccc1Cl. The molecular weight excluding hydrogens is 388 g/mol. The van der Waals surface area contributed by atoms with E-state index < -0.39 is 11.9 Å². The second-order valence-electron chi connectivity index (χ2n) is 5.98. The zero-order valence-electron chi connectivity index (χ0n) is 15.5. The van der Waals surface area contributed by atoms with Gasteiger partial charge in [0.2, 0.25) is 0 Å². The molecule has 1 heterocycles. The van der Waals surface area contributed by atoms with E-state index >= 15 is 0 Å². The van der Waals surface area contributed by atoms with E-state index in [-0.39, 0.29) is 37.9 Å². The van der Waals surface area contributed by atoms with Crippen LogP contribution in [0.15, 0.2) is 45.6 Å². The summed E-state index contributed by atoms with van der Waals surface area (Å²) in [6, 6.07) is 7.07. The van der Waals surface area contributed by atoms with Gasteiger partial charge in [0.25, 0.3) is 0 Å². The smallest absolute Gasteiger partial charge is 0.334 e. The average molecular weight is 409 g/mol. The summed E-state index contributed by atoms with van der Waals surface area (Å²) in [5.41, 5.74) is 10.0. The Bertz CT molecular complexity index is 820. The van der Waals surface area contributed by atoms with Crippen LogP contribution >= 0.6 is 11.6 Å². The predicted molar refractivity (Wildman–Crippen MR) is 103 cm³/mol. The molecule has 28 heavy (non-hydrogen) atoms. The minimum Gasteiger partial charge on any atom is -0.478 e. The number of hydrogen-bond acceptors (Lipinski definition) is 6. The molecule has 1 aliphatic heterocycles. The standard InChI is InChI=1S/C18H21ClN4O5/c1-11-13(9-28-26-2)16(12-5-3-4-6-14(12)19)17(18(24)25)15(22-11)10-27-8-7-21-23-20/h3-6,13,16H,7-10H2,1-2H3,(H,24,25)/t13?,16-/m1/s1. The molecule has 150 valence electrons. The Morgan fingerprint density at radius 2 is 2.18 bits per heavy atom. The molecule has 9 nitrogen and oxygen atoms in total. The van der Waals surface area contributed by atoms with Gasteiger partial charge in [0.05, 0.1) is 38.2 Å². The normalized spacial score (nSPS) is 19.2. The maximum atomic E-state index is 12.2. The van der Waals surface area contributed by atoms with Crippen molar-refractivity contribution in [2.24, 2.45) is 16.0 Å². The number of hydrogen-bond donors (Lipinski definition) is 1. The van der Waals surface area contributed by atoms with E-state index in [4.69, 9.17) is 31.6 Å². The second kappa shape index (κ2) is 10.8. The van der Waals surface area contributed by atoms with Gasteiger partial charge in [0.15, 0.2) is 0 Å². The molecule has 1 N–H and O–H groups in total. The Balaban J connectivity index is 2.45. The van der Waals surface area contributed by atoms with E-state index in [1.807, 2.05) is 0 Å². The van der Waals surface area contributed by atoms with Crippen molar-refractivity contribution in [3.8, 4) is 0 Å². The van der Waals surface area contributed by atoms with Crippen molar-refractivity contribution >= 4 is 23.3 Å². The van der Waals surface area contributed by atoms with E-state index in [0.717, 1.165) is 0 Å². The molecule has 0 fully saturated rings. The van der Waals surface area contributed by atoms with Crippen molar-refractivity contribution in [1.29, 1.82) is 0 Å². The first kappa shape index (κ1) is 21.9. The number of ether oxygens (including phenoxy) is 1. The molecule has 1 aliphatic rings. The van der Waals surface area contributed by atoms with Crippen LogP contribution in [0.2, 0.25) is 5.02 Å². The number of rotatable bonds is 10. The van der Waals surface area contributed by atoms with E-state index in [1.165, 1.54) is 7.11 Å². The van der Waals surface area contributed by atoms with E-state index in [1.54, 1.807) is 31.2 Å². The van der Waals surface area contributed by atoms with Crippen LogP contribution in [0.1, 0.15) is 18.4 Å². The summed E-state index contributed by atoms with van der Waals surface area (Å²) in [5, 5.41) is 13.8. The Morgan fingerprint density at radius 1 is 1.43 bits per heavy atom. The lowest BCUT2D eigenvalue weighted by Gasteiger charge is -2.32. The van der Waals surface area contributed by atoms with Gasteiger partial charge in [0.1, 0.15) is 0 Å². The molecule has 0 aliphatic carbocycles.